The molecule has 8 aromatic carbocycles. The van der Waals surface area contributed by atoms with Crippen LogP contribution in [0.5, 0.6) is 34.5 Å². The van der Waals surface area contributed by atoms with E-state index in [-0.39, 0.29) is 98.0 Å². The SMILES string of the molecule is C.CCCCOc1ccc(C(=O)COC(=O)COc2ccc(C)cc2Cl)cc1.CCCCOc1ccc(C(=O)COC(=O)c2c(Cl)ccc(C)c2OC)cc1.COc1c(C)ccc(Cl)c1C(=O)OCC(=O)c1ccc(CO)cc1.Cc1ccc(OCC(=O)OCC(=O)c2ccc(CO)cc2)c(Cl)c1. The van der Waals surface area contributed by atoms with Crippen molar-refractivity contribution >= 4 is 93.4 Å². The second-order valence-electron chi connectivity index (χ2n) is 22.3. The molecule has 0 heterocycles. The molecule has 8 rings (SSSR count). The van der Waals surface area contributed by atoms with Gasteiger partial charge in [0.15, 0.2) is 62.8 Å². The molecule has 103 heavy (non-hydrogen) atoms. The Morgan fingerprint density at radius 3 is 0.971 bits per heavy atom. The van der Waals surface area contributed by atoms with Crippen LogP contribution < -0.4 is 28.4 Å². The van der Waals surface area contributed by atoms with E-state index in [1.807, 2.05) is 26.0 Å². The fraction of sp³-hybridized carbons (Fsp3) is 0.291. The lowest BCUT2D eigenvalue weighted by atomic mass is 10.1. The molecule has 0 fully saturated rings. The van der Waals surface area contributed by atoms with Crippen LogP contribution in [0.1, 0.15) is 142 Å². The van der Waals surface area contributed by atoms with E-state index in [2.05, 4.69) is 13.8 Å². The van der Waals surface area contributed by atoms with Crippen LogP contribution in [0.3, 0.4) is 0 Å². The molecule has 20 nitrogen and oxygen atoms in total. The summed E-state index contributed by atoms with van der Waals surface area (Å²) in [5.74, 6) is -1.16. The first-order chi connectivity index (χ1) is 48.9. The van der Waals surface area contributed by atoms with Gasteiger partial charge < -0.3 is 57.6 Å². The highest BCUT2D eigenvalue weighted by Crippen LogP contribution is 2.33. The molecule has 0 saturated heterocycles. The smallest absolute Gasteiger partial charge is 0.344 e. The standard InChI is InChI=1S/2C21H23ClO5.2C18H17ClO5.CH4/c1-4-5-12-26-16-9-7-15(8-10-16)18(23)13-27-21(24)19-17(22)11-6-14(2)20(19)25-3;1-3-4-11-25-17-8-6-16(7-9-17)19(23)13-27-21(24)14-26-20-10-5-15(2)12-18(20)22;1-11-3-8-14(19)16(17(11)23-2)18(22)24-10-15(21)13-6-4-12(9-20)5-7-13;1-12-2-7-17(15(19)8-12)23-11-18(22)24-10-16(21)14-5-3-13(9-20)4-6-14;/h6-11H,4-5,12-13H2,1-3H3;5-10,12H,3-4,11,13-14H2,1-2H3;3-8,20H,9-10H2,1-2H3;2-8,20H,9-11H2,1H3;1H4. The summed E-state index contributed by atoms with van der Waals surface area (Å²) in [4.78, 5) is 96.4. The van der Waals surface area contributed by atoms with Gasteiger partial charge >= 0.3 is 23.9 Å². The van der Waals surface area contributed by atoms with Gasteiger partial charge in [-0.05, 0) is 159 Å². The van der Waals surface area contributed by atoms with Crippen molar-refractivity contribution in [1.82, 2.24) is 0 Å². The van der Waals surface area contributed by atoms with Gasteiger partial charge in [-0.3, -0.25) is 19.2 Å². The van der Waals surface area contributed by atoms with Gasteiger partial charge in [-0.25, -0.2) is 19.2 Å². The third kappa shape index (κ3) is 28.5. The number of esters is 4. The van der Waals surface area contributed by atoms with Crippen molar-refractivity contribution in [1.29, 1.82) is 0 Å². The number of aliphatic hydroxyl groups is 2. The van der Waals surface area contributed by atoms with E-state index in [0.29, 0.717) is 91.1 Å². The second-order valence-corrected chi connectivity index (χ2v) is 23.9. The summed E-state index contributed by atoms with van der Waals surface area (Å²) in [6.07, 6.45) is 4.06. The molecule has 0 aliphatic heterocycles. The maximum atomic E-state index is 12.4. The van der Waals surface area contributed by atoms with Gasteiger partial charge in [0.1, 0.15) is 45.6 Å². The van der Waals surface area contributed by atoms with E-state index in [1.165, 1.54) is 14.2 Å². The lowest BCUT2D eigenvalue weighted by Gasteiger charge is -2.12. The van der Waals surface area contributed by atoms with Gasteiger partial charge in [-0.1, -0.05) is 153 Å². The highest BCUT2D eigenvalue weighted by Gasteiger charge is 2.24. The molecule has 0 saturated carbocycles. The zero-order valence-electron chi connectivity index (χ0n) is 57.7. The lowest BCUT2D eigenvalue weighted by Crippen LogP contribution is -2.19. The largest absolute Gasteiger partial charge is 0.496 e. The minimum atomic E-state index is -0.721. The van der Waals surface area contributed by atoms with E-state index >= 15 is 0 Å². The predicted octanol–water partition coefficient (Wildman–Crippen LogP) is 16.3. The van der Waals surface area contributed by atoms with Crippen molar-refractivity contribution in [2.24, 2.45) is 0 Å². The van der Waals surface area contributed by atoms with Crippen LogP contribution in [0.4, 0.5) is 0 Å². The number of aryl methyl sites for hydroxylation is 4. The molecule has 0 radical (unpaired) electrons. The highest BCUT2D eigenvalue weighted by molar-refractivity contribution is 6.35. The van der Waals surface area contributed by atoms with Crippen LogP contribution in [0.15, 0.2) is 158 Å². The molecule has 8 aromatic rings. The molecule has 2 N–H and O–H groups in total. The predicted molar refractivity (Wildman–Crippen MR) is 394 cm³/mol. The average molecular weight is 1500 g/mol. The zero-order valence-corrected chi connectivity index (χ0v) is 60.7. The molecule has 0 aliphatic carbocycles. The highest BCUT2D eigenvalue weighted by atomic mass is 35.5. The molecule has 0 spiro atoms. The minimum Gasteiger partial charge on any atom is -0.496 e. The maximum absolute atomic E-state index is 12.4. The molecule has 0 bridgehead atoms. The van der Waals surface area contributed by atoms with Crippen LogP contribution in [-0.2, 0) is 41.8 Å². The number of benzene rings is 8. The summed E-state index contributed by atoms with van der Waals surface area (Å²) < 4.78 is 52.2. The number of aliphatic hydroxyl groups excluding tert-OH is 2. The number of Topliss-reactive ketones (excluding diaryl/α,β-unsaturated/α-hetero) is 4. The number of hydrogen-bond acceptors (Lipinski definition) is 20. The quantitative estimate of drug-likeness (QED) is 0.0172. The summed E-state index contributed by atoms with van der Waals surface area (Å²) in [7, 11) is 2.88. The van der Waals surface area contributed by atoms with E-state index in [4.69, 9.17) is 104 Å². The van der Waals surface area contributed by atoms with Gasteiger partial charge in [0.05, 0.1) is 60.7 Å². The fourth-order valence-electron chi connectivity index (χ4n) is 8.80. The van der Waals surface area contributed by atoms with Gasteiger partial charge in [0.2, 0.25) is 0 Å². The number of unbranched alkanes of at least 4 members (excludes halogenated alkanes) is 2. The number of ether oxygens (including phenoxy) is 10. The van der Waals surface area contributed by atoms with Crippen molar-refractivity contribution in [3.05, 3.63) is 245 Å². The first-order valence-corrected chi connectivity index (χ1v) is 33.5. The third-order valence-electron chi connectivity index (χ3n) is 14.5. The Bertz CT molecular complexity index is 4100. The van der Waals surface area contributed by atoms with E-state index in [0.717, 1.165) is 47.9 Å². The number of rotatable bonds is 32. The summed E-state index contributed by atoms with van der Waals surface area (Å²) in [6.45, 7) is 10.5. The topological polar surface area (TPSA) is 269 Å². The van der Waals surface area contributed by atoms with Crippen molar-refractivity contribution in [3.63, 3.8) is 0 Å². The van der Waals surface area contributed by atoms with Gasteiger partial charge in [0, 0.05) is 22.3 Å². The lowest BCUT2D eigenvalue weighted by molar-refractivity contribution is -0.145. The normalized spacial score (nSPS) is 10.2. The monoisotopic (exact) mass is 1490 g/mol. The van der Waals surface area contributed by atoms with Crippen LogP contribution in [-0.4, -0.2) is 124 Å². The molecule has 0 unspecified atom stereocenters. The van der Waals surface area contributed by atoms with E-state index in [9.17, 15) is 38.4 Å². The molecular weight excluding hydrogens is 1410 g/mol. The number of methoxy groups -OCH3 is 2. The Hall–Kier alpha value is -9.80. The Morgan fingerprint density at radius 2 is 0.680 bits per heavy atom. The number of halogens is 4. The Labute approximate surface area is 619 Å². The maximum Gasteiger partial charge on any atom is 0.344 e. The molecular formula is C79H84Cl4O20. The fourth-order valence-corrected chi connectivity index (χ4v) is 9.83. The number of carbonyl (C=O) groups excluding carboxylic acids is 8. The van der Waals surface area contributed by atoms with Crippen LogP contribution in [0.2, 0.25) is 20.1 Å². The first-order valence-electron chi connectivity index (χ1n) is 32.0. The summed E-state index contributed by atoms with van der Waals surface area (Å²) in [5.41, 5.74) is 6.75. The molecule has 24 heteroatoms. The third-order valence-corrected chi connectivity index (χ3v) is 15.7. The molecule has 548 valence electrons. The molecule has 0 atom stereocenters. The van der Waals surface area contributed by atoms with E-state index < -0.39 is 30.5 Å². The van der Waals surface area contributed by atoms with Crippen molar-refractivity contribution < 1.29 is 95.9 Å². The van der Waals surface area contributed by atoms with Gasteiger partial charge in [-0.15, -0.1) is 0 Å². The number of carbonyl (C=O) groups is 8. The average Bonchev–Trinajstić information content (AvgIpc) is 0.819. The van der Waals surface area contributed by atoms with Crippen molar-refractivity contribution in [2.45, 2.75) is 87.9 Å². The first kappa shape index (κ1) is 85.6. The number of hydrogen-bond donors (Lipinski definition) is 2. The zero-order chi connectivity index (χ0) is 74.7. The van der Waals surface area contributed by atoms with E-state index in [1.54, 1.807) is 159 Å². The van der Waals surface area contributed by atoms with Gasteiger partial charge in [0.25, 0.3) is 0 Å². The molecule has 0 aromatic heterocycles. The van der Waals surface area contributed by atoms with Crippen molar-refractivity contribution in [3.8, 4) is 34.5 Å². The summed E-state index contributed by atoms with van der Waals surface area (Å²) >= 11 is 24.2. The number of ketones is 4. The van der Waals surface area contributed by atoms with Gasteiger partial charge in [-0.2, -0.15) is 0 Å². The van der Waals surface area contributed by atoms with Crippen LogP contribution >= 0.6 is 46.4 Å². The van der Waals surface area contributed by atoms with Crippen LogP contribution in [0.25, 0.3) is 0 Å². The molecule has 0 aliphatic rings. The summed E-state index contributed by atoms with van der Waals surface area (Å²) in [5, 5.41) is 19.2. The van der Waals surface area contributed by atoms with Crippen molar-refractivity contribution in [2.75, 3.05) is 67.1 Å². The second kappa shape index (κ2) is 45.2. The Morgan fingerprint density at radius 1 is 0.369 bits per heavy atom. The Kier molecular flexibility index (Phi) is 37.6. The van der Waals surface area contributed by atoms with Crippen LogP contribution in [0, 0.1) is 27.7 Å². The minimum absolute atomic E-state index is 0. The Balaban J connectivity index is 0.000000290. The molecule has 0 amide bonds. The summed E-state index contributed by atoms with van der Waals surface area (Å²) in [6, 6.07) is 43.4.